The number of nitrogens with one attached hydrogen (secondary N) is 1. The molecule has 1 amide bonds. The van der Waals surface area contributed by atoms with Crippen molar-refractivity contribution >= 4 is 5.91 Å². The molecule has 120 valence electrons. The standard InChI is InChI=1S/C19H16FN3O/c1-13(23-19(24)17-8-11-22-12-18(17)20)14-2-4-15(5-3-14)16-6-9-21-10-7-16/h2-13H,1H3,(H,23,24). The van der Waals surface area contributed by atoms with Gasteiger partial charge in [0, 0.05) is 18.6 Å². The number of benzene rings is 1. The van der Waals surface area contributed by atoms with Gasteiger partial charge in [-0.25, -0.2) is 4.39 Å². The Labute approximate surface area is 139 Å². The lowest BCUT2D eigenvalue weighted by Gasteiger charge is -2.15. The number of hydrogen-bond donors (Lipinski definition) is 1. The van der Waals surface area contributed by atoms with Gasteiger partial charge in [-0.05, 0) is 41.8 Å². The summed E-state index contributed by atoms with van der Waals surface area (Å²) in [7, 11) is 0. The normalized spacial score (nSPS) is 11.8. The number of carbonyl (C=O) groups excluding carboxylic acids is 1. The maximum Gasteiger partial charge on any atom is 0.254 e. The minimum Gasteiger partial charge on any atom is -0.345 e. The highest BCUT2D eigenvalue weighted by Gasteiger charge is 2.15. The first-order valence-corrected chi connectivity index (χ1v) is 7.56. The highest BCUT2D eigenvalue weighted by Crippen LogP contribution is 2.21. The Bertz CT molecular complexity index is 835. The molecule has 1 N–H and O–H groups in total. The van der Waals surface area contributed by atoms with Crippen molar-refractivity contribution in [3.8, 4) is 11.1 Å². The molecule has 0 saturated carbocycles. The van der Waals surface area contributed by atoms with Crippen LogP contribution in [0.2, 0.25) is 0 Å². The minimum atomic E-state index is -0.629. The quantitative estimate of drug-likeness (QED) is 0.796. The van der Waals surface area contributed by atoms with E-state index in [1.165, 1.54) is 12.3 Å². The maximum atomic E-state index is 13.6. The van der Waals surface area contributed by atoms with Crippen molar-refractivity contribution in [3.05, 3.63) is 84.2 Å². The number of carbonyl (C=O) groups is 1. The summed E-state index contributed by atoms with van der Waals surface area (Å²) in [6.45, 7) is 1.86. The monoisotopic (exact) mass is 321 g/mol. The highest BCUT2D eigenvalue weighted by molar-refractivity contribution is 5.94. The van der Waals surface area contributed by atoms with Gasteiger partial charge in [0.15, 0.2) is 5.82 Å². The van der Waals surface area contributed by atoms with Crippen molar-refractivity contribution in [3.63, 3.8) is 0 Å². The average molecular weight is 321 g/mol. The second-order valence-electron chi connectivity index (χ2n) is 5.41. The van der Waals surface area contributed by atoms with Crippen molar-refractivity contribution in [2.24, 2.45) is 0 Å². The zero-order chi connectivity index (χ0) is 16.9. The molecule has 0 spiro atoms. The van der Waals surface area contributed by atoms with Gasteiger partial charge in [-0.15, -0.1) is 0 Å². The Kier molecular flexibility index (Phi) is 4.61. The molecule has 0 aliphatic heterocycles. The van der Waals surface area contributed by atoms with Gasteiger partial charge in [0.05, 0.1) is 17.8 Å². The molecule has 0 aliphatic carbocycles. The summed E-state index contributed by atoms with van der Waals surface area (Å²) in [5, 5.41) is 2.80. The number of aromatic nitrogens is 2. The fourth-order valence-corrected chi connectivity index (χ4v) is 2.43. The smallest absolute Gasteiger partial charge is 0.254 e. The van der Waals surface area contributed by atoms with E-state index < -0.39 is 11.7 Å². The van der Waals surface area contributed by atoms with E-state index in [-0.39, 0.29) is 11.6 Å². The third kappa shape index (κ3) is 3.46. The molecular weight excluding hydrogens is 305 g/mol. The van der Waals surface area contributed by atoms with E-state index in [2.05, 4.69) is 15.3 Å². The van der Waals surface area contributed by atoms with Crippen LogP contribution < -0.4 is 5.32 Å². The highest BCUT2D eigenvalue weighted by atomic mass is 19.1. The lowest BCUT2D eigenvalue weighted by atomic mass is 10.0. The van der Waals surface area contributed by atoms with Gasteiger partial charge in [0.1, 0.15) is 0 Å². The molecule has 0 fully saturated rings. The Morgan fingerprint density at radius 3 is 2.25 bits per heavy atom. The SMILES string of the molecule is CC(NC(=O)c1ccncc1F)c1ccc(-c2ccncc2)cc1. The van der Waals surface area contributed by atoms with E-state index in [1.807, 2.05) is 43.3 Å². The Morgan fingerprint density at radius 1 is 0.958 bits per heavy atom. The molecule has 5 heteroatoms. The van der Waals surface area contributed by atoms with Crippen molar-refractivity contribution in [2.45, 2.75) is 13.0 Å². The van der Waals surface area contributed by atoms with E-state index >= 15 is 0 Å². The van der Waals surface area contributed by atoms with Gasteiger partial charge in [-0.3, -0.25) is 14.8 Å². The first-order chi connectivity index (χ1) is 11.6. The Morgan fingerprint density at radius 2 is 1.58 bits per heavy atom. The van der Waals surface area contributed by atoms with Gasteiger partial charge >= 0.3 is 0 Å². The summed E-state index contributed by atoms with van der Waals surface area (Å²) < 4.78 is 13.6. The molecule has 24 heavy (non-hydrogen) atoms. The molecule has 0 bridgehead atoms. The van der Waals surface area contributed by atoms with Crippen molar-refractivity contribution in [1.29, 1.82) is 0 Å². The number of halogens is 1. The number of pyridine rings is 2. The lowest BCUT2D eigenvalue weighted by molar-refractivity contribution is 0.0935. The molecule has 3 rings (SSSR count). The van der Waals surface area contributed by atoms with Crippen molar-refractivity contribution in [1.82, 2.24) is 15.3 Å². The number of nitrogens with zero attached hydrogens (tertiary/aromatic N) is 2. The summed E-state index contributed by atoms with van der Waals surface area (Å²) in [6.07, 6.45) is 5.92. The second-order valence-corrected chi connectivity index (χ2v) is 5.41. The van der Waals surface area contributed by atoms with E-state index in [0.29, 0.717) is 0 Å². The van der Waals surface area contributed by atoms with Crippen LogP contribution >= 0.6 is 0 Å². The van der Waals surface area contributed by atoms with Crippen LogP contribution in [0.3, 0.4) is 0 Å². The fraction of sp³-hybridized carbons (Fsp3) is 0.105. The summed E-state index contributed by atoms with van der Waals surface area (Å²) >= 11 is 0. The molecule has 1 aromatic carbocycles. The average Bonchev–Trinajstić information content (AvgIpc) is 2.63. The van der Waals surface area contributed by atoms with Gasteiger partial charge in [0.2, 0.25) is 0 Å². The molecule has 4 nitrogen and oxygen atoms in total. The van der Waals surface area contributed by atoms with E-state index in [0.717, 1.165) is 22.9 Å². The van der Waals surface area contributed by atoms with Gasteiger partial charge in [0.25, 0.3) is 5.91 Å². The summed E-state index contributed by atoms with van der Waals surface area (Å²) in [5.41, 5.74) is 3.08. The van der Waals surface area contributed by atoms with Crippen LogP contribution in [0.25, 0.3) is 11.1 Å². The molecule has 3 aromatic rings. The predicted octanol–water partition coefficient (Wildman–Crippen LogP) is 3.77. The maximum absolute atomic E-state index is 13.6. The molecule has 2 heterocycles. The summed E-state index contributed by atoms with van der Waals surface area (Å²) in [4.78, 5) is 19.8. The van der Waals surface area contributed by atoms with Crippen molar-refractivity contribution < 1.29 is 9.18 Å². The molecule has 0 radical (unpaired) electrons. The first-order valence-electron chi connectivity index (χ1n) is 7.56. The van der Waals surface area contributed by atoms with Gasteiger partial charge in [-0.1, -0.05) is 24.3 Å². The topological polar surface area (TPSA) is 54.9 Å². The van der Waals surface area contributed by atoms with E-state index in [9.17, 15) is 9.18 Å². The van der Waals surface area contributed by atoms with Crippen LogP contribution in [0.15, 0.2) is 67.3 Å². The molecule has 0 aliphatic rings. The summed E-state index contributed by atoms with van der Waals surface area (Å²) in [6, 6.07) is 12.9. The molecular formula is C19H16FN3O. The first kappa shape index (κ1) is 15.8. The Balaban J connectivity index is 1.73. The van der Waals surface area contributed by atoms with Gasteiger partial charge < -0.3 is 5.32 Å². The number of amides is 1. The lowest BCUT2D eigenvalue weighted by Crippen LogP contribution is -2.27. The van der Waals surface area contributed by atoms with Crippen LogP contribution in [0.1, 0.15) is 28.9 Å². The third-order valence-electron chi connectivity index (χ3n) is 3.79. The minimum absolute atomic E-state index is 0.00902. The Hall–Kier alpha value is -3.08. The van der Waals surface area contributed by atoms with E-state index in [1.54, 1.807) is 12.4 Å². The molecule has 1 unspecified atom stereocenters. The molecule has 0 saturated heterocycles. The third-order valence-corrected chi connectivity index (χ3v) is 3.79. The zero-order valence-corrected chi connectivity index (χ0v) is 13.1. The molecule has 1 atom stereocenters. The van der Waals surface area contributed by atoms with Crippen molar-refractivity contribution in [2.75, 3.05) is 0 Å². The van der Waals surface area contributed by atoms with Crippen LogP contribution in [0.4, 0.5) is 4.39 Å². The predicted molar refractivity (Wildman–Crippen MR) is 89.7 cm³/mol. The summed E-state index contributed by atoms with van der Waals surface area (Å²) in [5.74, 6) is -1.09. The fourth-order valence-electron chi connectivity index (χ4n) is 2.43. The number of hydrogen-bond acceptors (Lipinski definition) is 3. The largest absolute Gasteiger partial charge is 0.345 e. The van der Waals surface area contributed by atoms with Gasteiger partial charge in [-0.2, -0.15) is 0 Å². The van der Waals surface area contributed by atoms with Crippen LogP contribution in [-0.4, -0.2) is 15.9 Å². The second kappa shape index (κ2) is 7.00. The van der Waals surface area contributed by atoms with E-state index in [4.69, 9.17) is 0 Å². The number of rotatable bonds is 4. The zero-order valence-electron chi connectivity index (χ0n) is 13.1. The van der Waals surface area contributed by atoms with Crippen LogP contribution in [0, 0.1) is 5.82 Å². The van der Waals surface area contributed by atoms with Crippen LogP contribution in [0.5, 0.6) is 0 Å². The molecule has 2 aromatic heterocycles. The van der Waals surface area contributed by atoms with Crippen LogP contribution in [-0.2, 0) is 0 Å².